The molecule has 0 aliphatic carbocycles. The molecule has 0 bridgehead atoms. The fraction of sp³-hybridized carbons (Fsp3) is 0.800. The van der Waals surface area contributed by atoms with Crippen molar-refractivity contribution in [2.75, 3.05) is 26.4 Å². The summed E-state index contributed by atoms with van der Waals surface area (Å²) in [5, 5.41) is -0.0174. The van der Waals surface area contributed by atoms with Crippen molar-refractivity contribution in [3.8, 4) is 0 Å². The predicted molar refractivity (Wildman–Crippen MR) is 176 cm³/mol. The molecule has 0 radical (unpaired) electrons. The van der Waals surface area contributed by atoms with Crippen molar-refractivity contribution in [2.24, 2.45) is 5.41 Å². The Morgan fingerprint density at radius 2 is 0.875 bits per heavy atom. The van der Waals surface area contributed by atoms with Crippen LogP contribution in [0.1, 0.15) is 67.9 Å². The van der Waals surface area contributed by atoms with Crippen molar-refractivity contribution in [1.29, 1.82) is 0 Å². The maximum Gasteiger partial charge on any atom is 0.296 e. The molecule has 0 aromatic heterocycles. The van der Waals surface area contributed by atoms with Crippen LogP contribution < -0.4 is 0 Å². The topological polar surface area (TPSA) is 71.1 Å². The Hall–Kier alpha value is -0.339. The van der Waals surface area contributed by atoms with Crippen molar-refractivity contribution < 1.29 is 25.9 Å². The van der Waals surface area contributed by atoms with Gasteiger partial charge in [-0.05, 0) is 73.5 Å². The highest BCUT2D eigenvalue weighted by molar-refractivity contribution is 7.86. The van der Waals surface area contributed by atoms with Crippen LogP contribution >= 0.6 is 0 Å². The van der Waals surface area contributed by atoms with E-state index >= 15 is 0 Å². The zero-order valence-corrected chi connectivity index (χ0v) is 32.3. The molecule has 0 amide bonds. The maximum absolute atomic E-state index is 13.4. The van der Waals surface area contributed by atoms with Crippen molar-refractivity contribution in [2.45, 2.75) is 129 Å². The fourth-order valence-electron chi connectivity index (χ4n) is 2.88. The molecular weight excluding hydrogens is 573 g/mol. The van der Waals surface area contributed by atoms with Crippen LogP contribution in [-0.4, -0.2) is 59.8 Å². The molecule has 40 heavy (non-hydrogen) atoms. The third-order valence-corrected chi connectivity index (χ3v) is 24.2. The molecule has 6 nitrogen and oxygen atoms in total. The van der Waals surface area contributed by atoms with Gasteiger partial charge in [-0.15, -0.1) is 0 Å². The van der Waals surface area contributed by atoms with E-state index in [-0.39, 0.29) is 26.6 Å². The van der Waals surface area contributed by atoms with E-state index in [9.17, 15) is 8.42 Å². The summed E-state index contributed by atoms with van der Waals surface area (Å²) >= 11 is 0. The first kappa shape index (κ1) is 37.7. The van der Waals surface area contributed by atoms with Crippen molar-refractivity contribution in [3.63, 3.8) is 0 Å². The van der Waals surface area contributed by atoms with Gasteiger partial charge in [-0.3, -0.25) is 4.18 Å². The van der Waals surface area contributed by atoms with Crippen LogP contribution in [0.2, 0.25) is 54.4 Å². The van der Waals surface area contributed by atoms with Crippen molar-refractivity contribution in [3.05, 3.63) is 29.8 Å². The summed E-state index contributed by atoms with van der Waals surface area (Å²) in [5.74, 6) is 0. The molecule has 10 heteroatoms. The third kappa shape index (κ3) is 10.1. The van der Waals surface area contributed by atoms with Gasteiger partial charge in [0.15, 0.2) is 25.0 Å². The maximum atomic E-state index is 13.4. The van der Waals surface area contributed by atoms with Gasteiger partial charge in [-0.1, -0.05) is 80.0 Å². The second-order valence-electron chi connectivity index (χ2n) is 16.2. The number of aryl methyl sites for hydroxylation is 1. The highest BCUT2D eigenvalue weighted by Crippen LogP contribution is 2.42. The summed E-state index contributed by atoms with van der Waals surface area (Å²) in [6, 6.07) is 6.75. The Bertz CT molecular complexity index is 987. The average molecular weight is 633 g/mol. The van der Waals surface area contributed by atoms with Gasteiger partial charge in [0, 0.05) is 19.8 Å². The zero-order valence-electron chi connectivity index (χ0n) is 28.5. The third-order valence-electron chi connectivity index (χ3n) is 9.47. The zero-order chi connectivity index (χ0) is 31.6. The first-order valence-corrected chi connectivity index (χ1v) is 24.6. The molecular formula is C30H60O6SSi3. The van der Waals surface area contributed by atoms with Crippen molar-refractivity contribution in [1.82, 2.24) is 0 Å². The summed E-state index contributed by atoms with van der Waals surface area (Å²) in [5.41, 5.74) is 0.180. The van der Waals surface area contributed by atoms with Crippen LogP contribution in [0.25, 0.3) is 0 Å². The molecule has 0 N–H and O–H groups in total. The number of hydrogen-bond acceptors (Lipinski definition) is 6. The van der Waals surface area contributed by atoms with Gasteiger partial charge in [0.05, 0.1) is 16.9 Å². The van der Waals surface area contributed by atoms with Gasteiger partial charge in [0.2, 0.25) is 0 Å². The highest BCUT2D eigenvalue weighted by atomic mass is 32.2. The van der Waals surface area contributed by atoms with E-state index in [1.54, 1.807) is 24.3 Å². The summed E-state index contributed by atoms with van der Waals surface area (Å²) in [6.45, 7) is 35.9. The van der Waals surface area contributed by atoms with Crippen LogP contribution in [0, 0.1) is 12.3 Å². The number of hydrogen-bond donors (Lipinski definition) is 0. The Morgan fingerprint density at radius 3 is 1.15 bits per heavy atom. The van der Waals surface area contributed by atoms with Crippen molar-refractivity contribution >= 4 is 35.1 Å². The molecule has 0 aliphatic heterocycles. The SMILES string of the molecule is Cc1ccc(S(=O)(=O)OCC(CO[Si](C)(C)C(C)(C)C)(CO[Si](C)(C)C(C)(C)C)CO[Si](C)(C)C(C)(C)C)cc1. The molecule has 0 spiro atoms. The van der Waals surface area contributed by atoms with Gasteiger partial charge >= 0.3 is 0 Å². The van der Waals surface area contributed by atoms with E-state index in [4.69, 9.17) is 17.5 Å². The minimum atomic E-state index is -3.99. The lowest BCUT2D eigenvalue weighted by Gasteiger charge is -2.45. The van der Waals surface area contributed by atoms with Crippen LogP contribution in [0.15, 0.2) is 29.2 Å². The van der Waals surface area contributed by atoms with E-state index in [1.807, 2.05) is 6.92 Å². The van der Waals surface area contributed by atoms with Crippen LogP contribution in [0.5, 0.6) is 0 Å². The Morgan fingerprint density at radius 1 is 0.575 bits per heavy atom. The normalized spacial score (nSPS) is 15.0. The van der Waals surface area contributed by atoms with E-state index in [2.05, 4.69) is 102 Å². The van der Waals surface area contributed by atoms with Gasteiger partial charge in [-0.25, -0.2) is 0 Å². The Kier molecular flexibility index (Phi) is 12.0. The second kappa shape index (κ2) is 12.7. The van der Waals surface area contributed by atoms with Gasteiger partial charge in [0.25, 0.3) is 10.1 Å². The number of rotatable bonds is 13. The summed E-state index contributed by atoms with van der Waals surface area (Å²) in [4.78, 5) is 0.146. The van der Waals surface area contributed by atoms with E-state index in [0.29, 0.717) is 19.8 Å². The molecule has 0 fully saturated rings. The smallest absolute Gasteiger partial charge is 0.296 e. The molecule has 0 heterocycles. The quantitative estimate of drug-likeness (QED) is 0.160. The minimum absolute atomic E-state index is 0.00581. The minimum Gasteiger partial charge on any atom is -0.416 e. The van der Waals surface area contributed by atoms with E-state index in [0.717, 1.165) is 5.56 Å². The molecule has 0 saturated carbocycles. The monoisotopic (exact) mass is 632 g/mol. The largest absolute Gasteiger partial charge is 0.416 e. The molecule has 0 aliphatic rings. The van der Waals surface area contributed by atoms with Gasteiger partial charge in [-0.2, -0.15) is 8.42 Å². The van der Waals surface area contributed by atoms with E-state index in [1.165, 1.54) is 0 Å². The molecule has 234 valence electrons. The first-order valence-electron chi connectivity index (χ1n) is 14.5. The number of benzene rings is 1. The summed E-state index contributed by atoms with van der Waals surface area (Å²) in [7, 11) is -10.5. The summed E-state index contributed by atoms with van der Waals surface area (Å²) < 4.78 is 52.9. The van der Waals surface area contributed by atoms with Crippen LogP contribution in [0.4, 0.5) is 0 Å². The highest BCUT2D eigenvalue weighted by Gasteiger charge is 2.46. The summed E-state index contributed by atoms with van der Waals surface area (Å²) in [6.07, 6.45) is 0. The molecule has 0 atom stereocenters. The van der Waals surface area contributed by atoms with Crippen LogP contribution in [0.3, 0.4) is 0 Å². The first-order chi connectivity index (χ1) is 17.6. The molecule has 1 rings (SSSR count). The fourth-order valence-corrected chi connectivity index (χ4v) is 7.19. The molecule has 0 saturated heterocycles. The lowest BCUT2D eigenvalue weighted by atomic mass is 9.93. The predicted octanol–water partition coefficient (Wildman–Crippen LogP) is 8.75. The standard InChI is InChI=1S/C30H60O6SSi3/c1-25-17-19-26(20-18-25)37(31,32)33-21-30(22-34-38(11,12)27(2,3)4,23-35-39(13,14)28(5,6)7)24-36-40(15,16)29(8,9)10/h17-20H,21-24H2,1-16H3. The van der Waals surface area contributed by atoms with Crippen LogP contribution in [-0.2, 0) is 27.6 Å². The second-order valence-corrected chi connectivity index (χ2v) is 32.2. The Balaban J connectivity index is 3.57. The Labute approximate surface area is 250 Å². The molecule has 0 unspecified atom stereocenters. The van der Waals surface area contributed by atoms with Gasteiger partial charge < -0.3 is 13.3 Å². The van der Waals surface area contributed by atoms with E-state index < -0.39 is 40.5 Å². The van der Waals surface area contributed by atoms with Gasteiger partial charge in [0.1, 0.15) is 0 Å². The lowest BCUT2D eigenvalue weighted by Crippen LogP contribution is -2.53. The average Bonchev–Trinajstić information content (AvgIpc) is 2.76. The lowest BCUT2D eigenvalue weighted by molar-refractivity contribution is -0.0129. The molecule has 1 aromatic carbocycles. The molecule has 1 aromatic rings.